The molecule has 206 valence electrons. The van der Waals surface area contributed by atoms with Crippen molar-refractivity contribution in [3.05, 3.63) is 90.8 Å². The summed E-state index contributed by atoms with van der Waals surface area (Å²) in [7, 11) is 1.59. The van der Waals surface area contributed by atoms with Crippen LogP contribution in [-0.2, 0) is 9.53 Å². The lowest BCUT2D eigenvalue weighted by molar-refractivity contribution is -0.139. The molecular weight excluding hydrogens is 526 g/mol. The topological polar surface area (TPSA) is 86.3 Å². The minimum Gasteiger partial charge on any atom is -0.496 e. The number of anilines is 1. The zero-order valence-electron chi connectivity index (χ0n) is 22.8. The Morgan fingerprint density at radius 3 is 2.70 bits per heavy atom. The number of ether oxygens (including phenoxy) is 2. The van der Waals surface area contributed by atoms with E-state index in [0.717, 1.165) is 48.2 Å². The van der Waals surface area contributed by atoms with Crippen LogP contribution < -0.4 is 24.5 Å². The molecule has 40 heavy (non-hydrogen) atoms. The zero-order valence-corrected chi connectivity index (χ0v) is 23.6. The van der Waals surface area contributed by atoms with Crippen molar-refractivity contribution in [2.45, 2.75) is 39.2 Å². The van der Waals surface area contributed by atoms with Crippen LogP contribution in [0.15, 0.2) is 74.0 Å². The van der Waals surface area contributed by atoms with Crippen LogP contribution in [0, 0.1) is 0 Å². The summed E-state index contributed by atoms with van der Waals surface area (Å²) in [6, 6.07) is 14.8. The first kappa shape index (κ1) is 26.1. The van der Waals surface area contributed by atoms with Crippen molar-refractivity contribution < 1.29 is 18.7 Å². The van der Waals surface area contributed by atoms with Gasteiger partial charge in [0, 0.05) is 30.8 Å². The Hall–Kier alpha value is -4.11. The first-order valence-corrected chi connectivity index (χ1v) is 14.4. The van der Waals surface area contributed by atoms with Crippen molar-refractivity contribution in [3.63, 3.8) is 0 Å². The maximum absolute atomic E-state index is 14.1. The number of hydrogen-bond donors (Lipinski definition) is 0. The van der Waals surface area contributed by atoms with Gasteiger partial charge in [-0.25, -0.2) is 9.79 Å². The average molecular weight is 558 g/mol. The van der Waals surface area contributed by atoms with E-state index in [2.05, 4.69) is 4.90 Å². The molecule has 0 aliphatic carbocycles. The van der Waals surface area contributed by atoms with Crippen molar-refractivity contribution >= 4 is 40.0 Å². The highest BCUT2D eigenvalue weighted by Crippen LogP contribution is 2.40. The lowest BCUT2D eigenvalue weighted by atomic mass is 9.90. The van der Waals surface area contributed by atoms with E-state index in [1.54, 1.807) is 31.6 Å². The molecule has 0 spiro atoms. The molecular formula is C31H31N3O5S. The molecule has 0 unspecified atom stereocenters. The molecule has 2 aliphatic rings. The summed E-state index contributed by atoms with van der Waals surface area (Å²) in [5.41, 5.74) is 1.29. The van der Waals surface area contributed by atoms with E-state index in [1.165, 1.54) is 17.8 Å². The highest BCUT2D eigenvalue weighted by Gasteiger charge is 2.36. The number of esters is 1. The first-order valence-electron chi connectivity index (χ1n) is 13.6. The predicted octanol–water partition coefficient (Wildman–Crippen LogP) is 4.54. The number of rotatable bonds is 6. The fourth-order valence-corrected chi connectivity index (χ4v) is 6.66. The molecule has 0 radical (unpaired) electrons. The van der Waals surface area contributed by atoms with E-state index >= 15 is 0 Å². The Labute approximate surface area is 235 Å². The molecule has 1 atom stereocenters. The van der Waals surface area contributed by atoms with E-state index in [9.17, 15) is 9.59 Å². The highest BCUT2D eigenvalue weighted by atomic mass is 32.1. The van der Waals surface area contributed by atoms with E-state index < -0.39 is 12.0 Å². The van der Waals surface area contributed by atoms with Gasteiger partial charge in [-0.15, -0.1) is 0 Å². The summed E-state index contributed by atoms with van der Waals surface area (Å²) in [5, 5.41) is 1.86. The number of fused-ring (bicyclic) bond motifs is 2. The SMILES string of the molecule is CCOC(=O)C1=C(C)N=c2s/c(=C\c3ccc(N4CCCCC4)o3)c(=O)n2[C@H]1c1c(OC)ccc2ccccc12. The molecule has 6 rings (SSSR count). The number of allylic oxidation sites excluding steroid dienone is 1. The van der Waals surface area contributed by atoms with Crippen LogP contribution in [-0.4, -0.2) is 37.3 Å². The minimum atomic E-state index is -0.779. The Morgan fingerprint density at radius 1 is 1.12 bits per heavy atom. The van der Waals surface area contributed by atoms with E-state index in [-0.39, 0.29) is 12.2 Å². The van der Waals surface area contributed by atoms with Crippen LogP contribution in [0.25, 0.3) is 16.8 Å². The van der Waals surface area contributed by atoms with Crippen molar-refractivity contribution in [3.8, 4) is 5.75 Å². The third kappa shape index (κ3) is 4.54. The summed E-state index contributed by atoms with van der Waals surface area (Å²) in [6.45, 7) is 5.69. The van der Waals surface area contributed by atoms with Gasteiger partial charge in [-0.2, -0.15) is 0 Å². The van der Waals surface area contributed by atoms with Gasteiger partial charge in [-0.3, -0.25) is 9.36 Å². The lowest BCUT2D eigenvalue weighted by Gasteiger charge is -2.27. The largest absolute Gasteiger partial charge is 0.496 e. The second-order valence-electron chi connectivity index (χ2n) is 9.93. The van der Waals surface area contributed by atoms with Gasteiger partial charge in [0.2, 0.25) is 0 Å². The Kier molecular flexibility index (Phi) is 7.06. The van der Waals surface area contributed by atoms with E-state index in [0.29, 0.717) is 32.1 Å². The lowest BCUT2D eigenvalue weighted by Crippen LogP contribution is -2.40. The molecule has 2 aromatic carbocycles. The molecule has 2 aromatic heterocycles. The van der Waals surface area contributed by atoms with Gasteiger partial charge in [-0.05, 0) is 56.0 Å². The summed E-state index contributed by atoms with van der Waals surface area (Å²) < 4.78 is 19.5. The molecule has 1 fully saturated rings. The number of benzene rings is 2. The van der Waals surface area contributed by atoms with Crippen molar-refractivity contribution in [2.75, 3.05) is 31.7 Å². The van der Waals surface area contributed by atoms with Crippen LogP contribution in [0.5, 0.6) is 5.75 Å². The summed E-state index contributed by atoms with van der Waals surface area (Å²) in [5.74, 6) is 1.49. The van der Waals surface area contributed by atoms with Crippen molar-refractivity contribution in [2.24, 2.45) is 4.99 Å². The molecule has 4 heterocycles. The second-order valence-corrected chi connectivity index (χ2v) is 10.9. The number of furan rings is 1. The molecule has 1 saturated heterocycles. The van der Waals surface area contributed by atoms with Crippen LogP contribution in [0.4, 0.5) is 5.88 Å². The van der Waals surface area contributed by atoms with Gasteiger partial charge in [0.15, 0.2) is 10.7 Å². The number of piperidine rings is 1. The van der Waals surface area contributed by atoms with Crippen LogP contribution in [0.2, 0.25) is 0 Å². The maximum Gasteiger partial charge on any atom is 0.338 e. The fourth-order valence-electron chi connectivity index (χ4n) is 5.63. The molecule has 2 aliphatic heterocycles. The number of hydrogen-bond acceptors (Lipinski definition) is 8. The van der Waals surface area contributed by atoms with E-state index in [4.69, 9.17) is 18.9 Å². The maximum atomic E-state index is 14.1. The molecule has 0 saturated carbocycles. The number of methoxy groups -OCH3 is 1. The first-order chi connectivity index (χ1) is 19.5. The minimum absolute atomic E-state index is 0.206. The number of carbonyl (C=O) groups excluding carboxylic acids is 1. The molecule has 0 amide bonds. The van der Waals surface area contributed by atoms with Gasteiger partial charge >= 0.3 is 5.97 Å². The summed E-state index contributed by atoms with van der Waals surface area (Å²) in [4.78, 5) is 34.9. The highest BCUT2D eigenvalue weighted by molar-refractivity contribution is 7.07. The predicted molar refractivity (Wildman–Crippen MR) is 156 cm³/mol. The fraction of sp³-hybridized carbons (Fsp3) is 0.323. The Bertz CT molecular complexity index is 1810. The van der Waals surface area contributed by atoms with Crippen molar-refractivity contribution in [1.82, 2.24) is 4.57 Å². The number of aromatic nitrogens is 1. The van der Waals surface area contributed by atoms with Crippen molar-refractivity contribution in [1.29, 1.82) is 0 Å². The molecule has 4 aromatic rings. The third-order valence-electron chi connectivity index (χ3n) is 7.49. The van der Waals surface area contributed by atoms with Crippen LogP contribution in [0.3, 0.4) is 0 Å². The smallest absolute Gasteiger partial charge is 0.338 e. The summed E-state index contributed by atoms with van der Waals surface area (Å²) in [6.07, 6.45) is 5.29. The Morgan fingerprint density at radius 2 is 1.93 bits per heavy atom. The molecule has 0 N–H and O–H groups in total. The number of carbonyl (C=O) groups is 1. The van der Waals surface area contributed by atoms with Gasteiger partial charge in [0.25, 0.3) is 5.56 Å². The molecule has 8 nitrogen and oxygen atoms in total. The monoisotopic (exact) mass is 557 g/mol. The van der Waals surface area contributed by atoms with Gasteiger partial charge < -0.3 is 18.8 Å². The Balaban J connectivity index is 1.55. The quantitative estimate of drug-likeness (QED) is 0.324. The normalized spacial score (nSPS) is 17.6. The van der Waals surface area contributed by atoms with Gasteiger partial charge in [0.1, 0.15) is 17.6 Å². The average Bonchev–Trinajstić information content (AvgIpc) is 3.56. The molecule has 0 bridgehead atoms. The van der Waals surface area contributed by atoms with E-state index in [1.807, 2.05) is 48.5 Å². The second kappa shape index (κ2) is 10.8. The van der Waals surface area contributed by atoms with Crippen LogP contribution >= 0.6 is 11.3 Å². The third-order valence-corrected chi connectivity index (χ3v) is 8.48. The number of nitrogens with zero attached hydrogens (tertiary/aromatic N) is 3. The van der Waals surface area contributed by atoms with Gasteiger partial charge in [0.05, 0.1) is 29.5 Å². The standard InChI is InChI=1S/C31H31N3O5S/c1-4-38-30(36)26-19(2)32-31-34(28(26)27-22-11-7-6-10-20(22)12-14-23(27)37-3)29(35)24(40-31)18-21-13-15-25(39-21)33-16-8-5-9-17-33/h6-7,10-15,18,28H,4-5,8-9,16-17H2,1-3H3/b24-18-/t28-/m1/s1. The summed E-state index contributed by atoms with van der Waals surface area (Å²) >= 11 is 1.28. The zero-order chi connectivity index (χ0) is 27.8. The van der Waals surface area contributed by atoms with Gasteiger partial charge in [-0.1, -0.05) is 41.7 Å². The van der Waals surface area contributed by atoms with Crippen LogP contribution in [0.1, 0.15) is 50.5 Å². The molecule has 9 heteroatoms. The number of thiazole rings is 1.